The van der Waals surface area contributed by atoms with Crippen LogP contribution in [-0.2, 0) is 69.6 Å². The quantitative estimate of drug-likeness (QED) is 0.0409. The van der Waals surface area contributed by atoms with Crippen molar-refractivity contribution in [2.24, 2.45) is 0 Å². The highest BCUT2D eigenvalue weighted by Crippen LogP contribution is 2.49. The summed E-state index contributed by atoms with van der Waals surface area (Å²) in [6, 6.07) is 91.4. The van der Waals surface area contributed by atoms with Crippen LogP contribution in [0.1, 0.15) is 232 Å². The molecule has 0 spiro atoms. The van der Waals surface area contributed by atoms with Gasteiger partial charge in [0.05, 0.1) is 36.7 Å². The van der Waals surface area contributed by atoms with Crippen LogP contribution in [-0.4, -0.2) is 26.2 Å². The first-order valence-corrected chi connectivity index (χ1v) is 37.9. The van der Waals surface area contributed by atoms with E-state index in [0.29, 0.717) is 19.8 Å². The van der Waals surface area contributed by atoms with E-state index in [1.807, 2.05) is 10.9 Å². The zero-order valence-electron chi connectivity index (χ0n) is 66.1. The van der Waals surface area contributed by atoms with E-state index >= 15 is 0 Å². The summed E-state index contributed by atoms with van der Waals surface area (Å²) in [5, 5.41) is 9.06. The molecule has 0 radical (unpaired) electrons. The maximum Gasteiger partial charge on any atom is 0.253 e. The molecule has 0 aliphatic heterocycles. The van der Waals surface area contributed by atoms with Gasteiger partial charge >= 0.3 is 0 Å². The van der Waals surface area contributed by atoms with Crippen LogP contribution in [0.5, 0.6) is 11.5 Å². The second-order valence-corrected chi connectivity index (χ2v) is 35.5. The molecule has 0 aliphatic rings. The Hall–Kier alpha value is -9.85. The average molecular weight is 1390 g/mol. The van der Waals surface area contributed by atoms with E-state index < -0.39 is 10.8 Å². The number of benzene rings is 10. The van der Waals surface area contributed by atoms with E-state index in [2.05, 4.69) is 406 Å². The van der Waals surface area contributed by atoms with Gasteiger partial charge in [0, 0.05) is 13.3 Å². The summed E-state index contributed by atoms with van der Waals surface area (Å²) in [5.74, 6) is 2.86. The third kappa shape index (κ3) is 16.5. The molecule has 0 saturated carbocycles. The topological polar surface area (TPSA) is 58.0 Å². The molecular formula is C98H112N5O2+. The third-order valence-electron chi connectivity index (χ3n) is 21.7. The summed E-state index contributed by atoms with van der Waals surface area (Å²) in [5.41, 5.74) is 22.1. The molecular weight excluding hydrogens is 1280 g/mol. The number of rotatable bonds is 21. The molecule has 12 aromatic rings. The van der Waals surface area contributed by atoms with E-state index in [-0.39, 0.29) is 32.5 Å². The second-order valence-electron chi connectivity index (χ2n) is 35.5. The van der Waals surface area contributed by atoms with Crippen molar-refractivity contribution in [1.82, 2.24) is 19.6 Å². The van der Waals surface area contributed by atoms with Crippen LogP contribution < -0.4 is 14.0 Å². The lowest BCUT2D eigenvalue weighted by molar-refractivity contribution is -0.694. The minimum Gasteiger partial charge on any atom is -0.493 e. The van der Waals surface area contributed by atoms with Crippen molar-refractivity contribution >= 4 is 0 Å². The van der Waals surface area contributed by atoms with E-state index in [0.717, 1.165) is 42.3 Å². The normalized spacial score (nSPS) is 12.8. The zero-order valence-corrected chi connectivity index (χ0v) is 66.1. The molecule has 2 heterocycles. The molecule has 540 valence electrons. The largest absolute Gasteiger partial charge is 0.493 e. The molecule has 0 bridgehead atoms. The number of aromatic nitrogens is 5. The van der Waals surface area contributed by atoms with Crippen LogP contribution in [0.3, 0.4) is 0 Å². The van der Waals surface area contributed by atoms with Crippen LogP contribution >= 0.6 is 0 Å². The fourth-order valence-corrected chi connectivity index (χ4v) is 14.9. The monoisotopic (exact) mass is 1390 g/mol. The Morgan fingerprint density at radius 3 is 0.933 bits per heavy atom. The van der Waals surface area contributed by atoms with Gasteiger partial charge in [-0.25, -0.2) is 13.8 Å². The smallest absolute Gasteiger partial charge is 0.253 e. The Bertz CT molecular complexity index is 4560. The highest BCUT2D eigenvalue weighted by Gasteiger charge is 2.41. The van der Waals surface area contributed by atoms with Crippen molar-refractivity contribution in [3.05, 3.63) is 362 Å². The van der Waals surface area contributed by atoms with Crippen LogP contribution in [0.2, 0.25) is 0 Å². The molecule has 0 unspecified atom stereocenters. The van der Waals surface area contributed by atoms with Crippen molar-refractivity contribution in [3.63, 3.8) is 0 Å². The SMILES string of the molecule is Cc1n(CCCOc2ccc(C(c3ccc(C(C)(C)C)cc3)(c3ccc(C(C)(C)C)cc3)c3ccc(C(C)(C)C)cc3)cc2)cc[n+]1Cc1ccc(-c2ccc(Cn3cc(COc4ccc(C(c5ccc(C(C)(C)C)cc5)(c5ccc(C(C)(C)C)cc5)c5ccc(C(C)(C)C)cc5)cc4)nn3)cc2)cc1. The molecule has 10 aromatic carbocycles. The Morgan fingerprint density at radius 1 is 0.333 bits per heavy atom. The lowest BCUT2D eigenvalue weighted by Gasteiger charge is -2.38. The van der Waals surface area contributed by atoms with Gasteiger partial charge in [-0.1, -0.05) is 348 Å². The first-order chi connectivity index (χ1) is 49.7. The fourth-order valence-electron chi connectivity index (χ4n) is 14.9. The van der Waals surface area contributed by atoms with Crippen LogP contribution in [0.4, 0.5) is 0 Å². The first kappa shape index (κ1) is 74.9. The third-order valence-corrected chi connectivity index (χ3v) is 21.7. The maximum absolute atomic E-state index is 6.54. The summed E-state index contributed by atoms with van der Waals surface area (Å²) in [6.07, 6.45) is 7.25. The van der Waals surface area contributed by atoms with Gasteiger partial charge in [0.15, 0.2) is 0 Å². The summed E-state index contributed by atoms with van der Waals surface area (Å²) < 4.78 is 19.6. The van der Waals surface area contributed by atoms with Crippen LogP contribution in [0.25, 0.3) is 11.1 Å². The number of hydrogen-bond acceptors (Lipinski definition) is 4. The molecule has 0 amide bonds. The lowest BCUT2D eigenvalue weighted by atomic mass is 9.64. The number of hydrogen-bond donors (Lipinski definition) is 0. The Balaban J connectivity index is 0.667. The zero-order chi connectivity index (χ0) is 74.9. The van der Waals surface area contributed by atoms with Crippen molar-refractivity contribution in [2.45, 2.75) is 208 Å². The van der Waals surface area contributed by atoms with Crippen molar-refractivity contribution in [3.8, 4) is 22.6 Å². The minimum absolute atomic E-state index is 0.0213. The maximum atomic E-state index is 6.54. The van der Waals surface area contributed by atoms with Crippen molar-refractivity contribution in [2.75, 3.05) is 6.61 Å². The van der Waals surface area contributed by atoms with E-state index in [1.54, 1.807) is 0 Å². The molecule has 7 heteroatoms. The molecule has 0 N–H and O–H groups in total. The lowest BCUT2D eigenvalue weighted by Crippen LogP contribution is -2.36. The van der Waals surface area contributed by atoms with Crippen molar-refractivity contribution in [1.29, 1.82) is 0 Å². The molecule has 0 saturated heterocycles. The Labute approximate surface area is 628 Å². The van der Waals surface area contributed by atoms with Crippen molar-refractivity contribution < 1.29 is 14.0 Å². The molecule has 0 atom stereocenters. The standard InChI is InChI=1S/C98H112N5O2/c1-69-101(61-20-64-104-89-57-53-86(54-58-89)97(80-41-29-74(30-42-80)91(2,3)4,81-43-31-75(32-44-81)92(5,6)7)82-45-33-76(34-46-82)93(8,9)10)62-63-102(69)65-70-21-25-72(26-22-70)73-27-23-71(24-28-73)66-103-67-88(99-100-103)68-105-90-59-55-87(56-60-90)98(83-47-35-77(36-48-83)94(11,12)13,84-49-37-78(38-50-84)95(14,15)16)85-51-39-79(40-52-85)96(17,18)19/h21-60,62-63,67H,20,61,64-66,68H2,1-19H3/q+1. The highest BCUT2D eigenvalue weighted by atomic mass is 16.5. The molecule has 12 rings (SSSR count). The van der Waals surface area contributed by atoms with E-state index in [4.69, 9.17) is 9.47 Å². The van der Waals surface area contributed by atoms with Crippen LogP contribution in [0.15, 0.2) is 261 Å². The molecule has 0 fully saturated rings. The number of ether oxygens (including phenoxy) is 2. The van der Waals surface area contributed by atoms with Gasteiger partial charge in [0.25, 0.3) is 5.82 Å². The van der Waals surface area contributed by atoms with Gasteiger partial charge in [0.1, 0.15) is 42.7 Å². The molecule has 7 nitrogen and oxygen atoms in total. The molecule has 0 aliphatic carbocycles. The average Bonchev–Trinajstić information content (AvgIpc) is 1.70. The Kier molecular flexibility index (Phi) is 21.1. The van der Waals surface area contributed by atoms with Gasteiger partial charge in [-0.05, 0) is 157 Å². The number of aryl methyl sites for hydroxylation is 1. The summed E-state index contributed by atoms with van der Waals surface area (Å²) in [7, 11) is 0. The first-order valence-electron chi connectivity index (χ1n) is 37.9. The van der Waals surface area contributed by atoms with Gasteiger partial charge in [-0.2, -0.15) is 0 Å². The predicted molar refractivity (Wildman–Crippen MR) is 436 cm³/mol. The summed E-state index contributed by atoms with van der Waals surface area (Å²) in [6.45, 7) is 46.5. The van der Waals surface area contributed by atoms with E-state index in [9.17, 15) is 0 Å². The van der Waals surface area contributed by atoms with Gasteiger partial charge in [-0.3, -0.25) is 0 Å². The van der Waals surface area contributed by atoms with E-state index in [1.165, 1.54) is 100 Å². The highest BCUT2D eigenvalue weighted by molar-refractivity contribution is 5.66. The van der Waals surface area contributed by atoms with Gasteiger partial charge in [-0.15, -0.1) is 5.10 Å². The number of imidazole rings is 1. The van der Waals surface area contributed by atoms with Gasteiger partial charge in [0.2, 0.25) is 0 Å². The van der Waals surface area contributed by atoms with Crippen LogP contribution in [0, 0.1) is 6.92 Å². The molecule has 2 aromatic heterocycles. The summed E-state index contributed by atoms with van der Waals surface area (Å²) in [4.78, 5) is 0. The number of nitrogens with zero attached hydrogens (tertiary/aromatic N) is 5. The summed E-state index contributed by atoms with van der Waals surface area (Å²) >= 11 is 0. The second kappa shape index (κ2) is 29.6. The predicted octanol–water partition coefficient (Wildman–Crippen LogP) is 23.0. The van der Waals surface area contributed by atoms with Gasteiger partial charge < -0.3 is 9.47 Å². The molecule has 105 heavy (non-hydrogen) atoms. The fraction of sp³-hybridized carbons (Fsp3) is 0.337. The Morgan fingerprint density at radius 2 is 0.619 bits per heavy atom. The minimum atomic E-state index is -0.611.